The van der Waals surface area contributed by atoms with Crippen LogP contribution in [0.4, 0.5) is 0 Å². The summed E-state index contributed by atoms with van der Waals surface area (Å²) in [7, 11) is 0. The highest BCUT2D eigenvalue weighted by Crippen LogP contribution is 2.02. The largest absolute Gasteiger partial charge is 0.380 e. The molecule has 17 heavy (non-hydrogen) atoms. The maximum Gasteiger partial charge on any atom is 0.0593 e. The summed E-state index contributed by atoms with van der Waals surface area (Å²) in [6, 6.07) is 0. The molecule has 102 valence electrons. The summed E-state index contributed by atoms with van der Waals surface area (Å²) < 4.78 is 5.62. The summed E-state index contributed by atoms with van der Waals surface area (Å²) >= 11 is 0. The van der Waals surface area contributed by atoms with E-state index < -0.39 is 0 Å². The molecule has 1 saturated heterocycles. The monoisotopic (exact) mass is 243 g/mol. The van der Waals surface area contributed by atoms with Crippen LogP contribution in [0.15, 0.2) is 0 Å². The van der Waals surface area contributed by atoms with Gasteiger partial charge < -0.3 is 15.4 Å². The van der Waals surface area contributed by atoms with Crippen molar-refractivity contribution in [2.24, 2.45) is 5.73 Å². The van der Waals surface area contributed by atoms with Gasteiger partial charge in [-0.15, -0.1) is 0 Å². The second-order valence-electron chi connectivity index (χ2n) is 4.79. The molecule has 0 aliphatic carbocycles. The Morgan fingerprint density at radius 3 is 2.35 bits per heavy atom. The Kier molecular flexibility index (Phi) is 8.61. The first kappa shape index (κ1) is 14.9. The van der Waals surface area contributed by atoms with Crippen LogP contribution in [0.2, 0.25) is 0 Å². The number of unbranched alkanes of at least 4 members (excludes halogenated alkanes) is 1. The van der Waals surface area contributed by atoms with Gasteiger partial charge in [-0.25, -0.2) is 0 Å². The minimum atomic E-state index is 0.778. The van der Waals surface area contributed by atoms with Crippen molar-refractivity contribution in [2.75, 3.05) is 59.0 Å². The molecule has 0 aromatic heterocycles. The number of nitrogens with two attached hydrogens (primary N) is 1. The SMILES string of the molecule is CCCCOCCN1CCCN(CCN)CC1. The average molecular weight is 243 g/mol. The molecule has 0 aromatic carbocycles. The lowest BCUT2D eigenvalue weighted by molar-refractivity contribution is 0.102. The standard InChI is InChI=1S/C13H29N3O/c1-2-3-12-17-13-11-16-7-4-6-15(8-5-14)9-10-16/h2-14H2,1H3. The molecule has 1 aliphatic heterocycles. The van der Waals surface area contributed by atoms with Crippen LogP contribution in [0.5, 0.6) is 0 Å². The van der Waals surface area contributed by atoms with Gasteiger partial charge in [0.1, 0.15) is 0 Å². The van der Waals surface area contributed by atoms with Gasteiger partial charge in [-0.2, -0.15) is 0 Å². The van der Waals surface area contributed by atoms with Crippen LogP contribution >= 0.6 is 0 Å². The quantitative estimate of drug-likeness (QED) is 0.639. The van der Waals surface area contributed by atoms with Gasteiger partial charge >= 0.3 is 0 Å². The molecule has 0 bridgehead atoms. The Balaban J connectivity index is 2.05. The fourth-order valence-electron chi connectivity index (χ4n) is 2.20. The van der Waals surface area contributed by atoms with E-state index in [4.69, 9.17) is 10.5 Å². The molecule has 4 heteroatoms. The van der Waals surface area contributed by atoms with Crippen molar-refractivity contribution < 1.29 is 4.74 Å². The molecule has 4 nitrogen and oxygen atoms in total. The molecule has 1 aliphatic rings. The van der Waals surface area contributed by atoms with E-state index in [9.17, 15) is 0 Å². The van der Waals surface area contributed by atoms with Crippen molar-refractivity contribution in [3.05, 3.63) is 0 Å². The van der Waals surface area contributed by atoms with Gasteiger partial charge in [-0.1, -0.05) is 13.3 Å². The van der Waals surface area contributed by atoms with Crippen LogP contribution in [0.1, 0.15) is 26.2 Å². The van der Waals surface area contributed by atoms with Crippen LogP contribution in [-0.2, 0) is 4.74 Å². The van der Waals surface area contributed by atoms with E-state index in [1.165, 1.54) is 32.4 Å². The van der Waals surface area contributed by atoms with Gasteiger partial charge in [0.2, 0.25) is 0 Å². The summed E-state index contributed by atoms with van der Waals surface area (Å²) in [6.45, 7) is 11.6. The highest BCUT2D eigenvalue weighted by Gasteiger charge is 2.13. The van der Waals surface area contributed by atoms with E-state index in [2.05, 4.69) is 16.7 Å². The maximum atomic E-state index is 5.62. The fraction of sp³-hybridized carbons (Fsp3) is 1.00. The minimum Gasteiger partial charge on any atom is -0.380 e. The highest BCUT2D eigenvalue weighted by molar-refractivity contribution is 4.69. The topological polar surface area (TPSA) is 41.7 Å². The number of ether oxygens (including phenoxy) is 1. The Morgan fingerprint density at radius 2 is 1.71 bits per heavy atom. The molecule has 0 radical (unpaired) electrons. The first-order valence-corrected chi connectivity index (χ1v) is 7.09. The summed E-state index contributed by atoms with van der Waals surface area (Å²) in [6.07, 6.45) is 3.66. The molecule has 0 aromatic rings. The Hall–Kier alpha value is -0.160. The first-order chi connectivity index (χ1) is 8.36. The molecule has 1 heterocycles. The number of nitrogens with zero attached hydrogens (tertiary/aromatic N) is 2. The van der Waals surface area contributed by atoms with Crippen molar-refractivity contribution in [3.8, 4) is 0 Å². The molecular formula is C13H29N3O. The fourth-order valence-corrected chi connectivity index (χ4v) is 2.20. The van der Waals surface area contributed by atoms with E-state index in [-0.39, 0.29) is 0 Å². The minimum absolute atomic E-state index is 0.778. The summed E-state index contributed by atoms with van der Waals surface area (Å²) in [5, 5.41) is 0. The molecule has 1 rings (SSSR count). The normalized spacial score (nSPS) is 19.4. The van der Waals surface area contributed by atoms with E-state index in [1.807, 2.05) is 0 Å². The van der Waals surface area contributed by atoms with Crippen LogP contribution in [0, 0.1) is 0 Å². The van der Waals surface area contributed by atoms with Gasteiger partial charge in [0.15, 0.2) is 0 Å². The highest BCUT2D eigenvalue weighted by atomic mass is 16.5. The van der Waals surface area contributed by atoms with Gasteiger partial charge in [0, 0.05) is 39.3 Å². The van der Waals surface area contributed by atoms with Crippen molar-refractivity contribution in [1.82, 2.24) is 9.80 Å². The zero-order valence-corrected chi connectivity index (χ0v) is 11.4. The molecule has 0 spiro atoms. The zero-order valence-electron chi connectivity index (χ0n) is 11.4. The summed E-state index contributed by atoms with van der Waals surface area (Å²) in [4.78, 5) is 4.99. The van der Waals surface area contributed by atoms with Crippen LogP contribution < -0.4 is 5.73 Å². The molecule has 1 fully saturated rings. The van der Waals surface area contributed by atoms with Crippen molar-refractivity contribution in [2.45, 2.75) is 26.2 Å². The Morgan fingerprint density at radius 1 is 1.00 bits per heavy atom. The van der Waals surface area contributed by atoms with Gasteiger partial charge in [-0.05, 0) is 25.9 Å². The lowest BCUT2D eigenvalue weighted by atomic mass is 10.3. The first-order valence-electron chi connectivity index (χ1n) is 7.09. The van der Waals surface area contributed by atoms with Crippen molar-refractivity contribution >= 4 is 0 Å². The maximum absolute atomic E-state index is 5.62. The Labute approximate surface area is 106 Å². The second-order valence-corrected chi connectivity index (χ2v) is 4.79. The number of hydrogen-bond donors (Lipinski definition) is 1. The van der Waals surface area contributed by atoms with E-state index in [0.29, 0.717) is 0 Å². The molecule has 0 amide bonds. The summed E-state index contributed by atoms with van der Waals surface area (Å²) in [5.41, 5.74) is 5.60. The van der Waals surface area contributed by atoms with Crippen molar-refractivity contribution in [3.63, 3.8) is 0 Å². The molecule has 0 unspecified atom stereocenters. The molecule has 0 atom stereocenters. The average Bonchev–Trinajstić information content (AvgIpc) is 2.55. The van der Waals surface area contributed by atoms with Crippen LogP contribution in [0.25, 0.3) is 0 Å². The second kappa shape index (κ2) is 9.83. The predicted octanol–water partition coefficient (Wildman–Crippen LogP) is 0.770. The van der Waals surface area contributed by atoms with Gasteiger partial charge in [-0.3, -0.25) is 4.90 Å². The predicted molar refractivity (Wildman–Crippen MR) is 72.3 cm³/mol. The summed E-state index contributed by atoms with van der Waals surface area (Å²) in [5.74, 6) is 0. The van der Waals surface area contributed by atoms with E-state index >= 15 is 0 Å². The lowest BCUT2D eigenvalue weighted by Crippen LogP contribution is -2.35. The van der Waals surface area contributed by atoms with Gasteiger partial charge in [0.25, 0.3) is 0 Å². The lowest BCUT2D eigenvalue weighted by Gasteiger charge is -2.21. The van der Waals surface area contributed by atoms with Crippen molar-refractivity contribution in [1.29, 1.82) is 0 Å². The van der Waals surface area contributed by atoms with E-state index in [1.54, 1.807) is 0 Å². The smallest absolute Gasteiger partial charge is 0.0593 e. The third kappa shape index (κ3) is 6.99. The number of hydrogen-bond acceptors (Lipinski definition) is 4. The number of rotatable bonds is 8. The van der Waals surface area contributed by atoms with Gasteiger partial charge in [0.05, 0.1) is 6.61 Å². The third-order valence-electron chi connectivity index (χ3n) is 3.32. The van der Waals surface area contributed by atoms with Crippen LogP contribution in [0.3, 0.4) is 0 Å². The molecule has 2 N–H and O–H groups in total. The molecular weight excluding hydrogens is 214 g/mol. The van der Waals surface area contributed by atoms with Crippen LogP contribution in [-0.4, -0.2) is 68.8 Å². The zero-order chi connectivity index (χ0) is 12.3. The van der Waals surface area contributed by atoms with E-state index in [0.717, 1.165) is 45.9 Å². The molecule has 0 saturated carbocycles. The third-order valence-corrected chi connectivity index (χ3v) is 3.32. The Bertz CT molecular complexity index is 178.